The Labute approximate surface area is 119 Å². The predicted octanol–water partition coefficient (Wildman–Crippen LogP) is 2.27. The molecular weight excluding hydrogens is 256 g/mol. The molecule has 1 aromatic rings. The summed E-state index contributed by atoms with van der Waals surface area (Å²) in [6, 6.07) is 3.66. The molecule has 1 fully saturated rings. The number of hydrogen-bond donors (Lipinski definition) is 2. The highest BCUT2D eigenvalue weighted by Gasteiger charge is 2.39. The van der Waals surface area contributed by atoms with Crippen molar-refractivity contribution in [3.8, 4) is 0 Å². The van der Waals surface area contributed by atoms with Crippen molar-refractivity contribution in [2.24, 2.45) is 5.41 Å². The second-order valence-corrected chi connectivity index (χ2v) is 5.69. The quantitative estimate of drug-likeness (QED) is 0.803. The third-order valence-electron chi connectivity index (χ3n) is 4.09. The molecule has 5 heteroatoms. The SMILES string of the molecule is CCCn1cccc1C(=O)NCC1(CC(=O)O)CCC1. The van der Waals surface area contributed by atoms with Crippen molar-refractivity contribution in [3.63, 3.8) is 0 Å². The molecule has 1 amide bonds. The fourth-order valence-corrected chi connectivity index (χ4v) is 2.83. The van der Waals surface area contributed by atoms with Gasteiger partial charge in [0.05, 0.1) is 6.42 Å². The summed E-state index contributed by atoms with van der Waals surface area (Å²) in [4.78, 5) is 23.1. The normalized spacial score (nSPS) is 16.4. The van der Waals surface area contributed by atoms with E-state index in [9.17, 15) is 9.59 Å². The molecule has 110 valence electrons. The number of amides is 1. The molecule has 0 unspecified atom stereocenters. The van der Waals surface area contributed by atoms with Crippen LogP contribution in [0.2, 0.25) is 0 Å². The van der Waals surface area contributed by atoms with E-state index in [1.165, 1.54) is 0 Å². The lowest BCUT2D eigenvalue weighted by Gasteiger charge is -2.40. The fourth-order valence-electron chi connectivity index (χ4n) is 2.83. The van der Waals surface area contributed by atoms with Gasteiger partial charge in [-0.2, -0.15) is 0 Å². The van der Waals surface area contributed by atoms with Gasteiger partial charge in [0.2, 0.25) is 0 Å². The minimum absolute atomic E-state index is 0.111. The van der Waals surface area contributed by atoms with Crippen molar-refractivity contribution in [2.45, 2.75) is 45.6 Å². The first kappa shape index (κ1) is 14.6. The van der Waals surface area contributed by atoms with Crippen molar-refractivity contribution < 1.29 is 14.7 Å². The summed E-state index contributed by atoms with van der Waals surface area (Å²) in [6.07, 6.45) is 5.83. The van der Waals surface area contributed by atoms with Crippen LogP contribution in [0.3, 0.4) is 0 Å². The number of carboxylic acid groups (broad SMARTS) is 1. The average Bonchev–Trinajstić information content (AvgIpc) is 2.80. The number of aryl methyl sites for hydroxylation is 1. The first-order valence-corrected chi connectivity index (χ1v) is 7.21. The van der Waals surface area contributed by atoms with E-state index in [0.29, 0.717) is 12.2 Å². The van der Waals surface area contributed by atoms with Crippen LogP contribution in [0.1, 0.15) is 49.5 Å². The Morgan fingerprint density at radius 2 is 2.20 bits per heavy atom. The number of carboxylic acids is 1. The van der Waals surface area contributed by atoms with Crippen molar-refractivity contribution in [1.29, 1.82) is 0 Å². The third kappa shape index (κ3) is 3.21. The van der Waals surface area contributed by atoms with Crippen LogP contribution in [0.15, 0.2) is 18.3 Å². The van der Waals surface area contributed by atoms with Crippen LogP contribution in [0.4, 0.5) is 0 Å². The number of aliphatic carboxylic acids is 1. The molecule has 20 heavy (non-hydrogen) atoms. The van der Waals surface area contributed by atoms with Gasteiger partial charge in [0, 0.05) is 19.3 Å². The summed E-state index contributed by atoms with van der Waals surface area (Å²) in [7, 11) is 0. The third-order valence-corrected chi connectivity index (χ3v) is 4.09. The maximum atomic E-state index is 12.2. The zero-order valence-corrected chi connectivity index (χ0v) is 11.9. The number of hydrogen-bond acceptors (Lipinski definition) is 2. The van der Waals surface area contributed by atoms with Crippen LogP contribution in [0, 0.1) is 5.41 Å². The molecule has 1 saturated carbocycles. The van der Waals surface area contributed by atoms with Crippen LogP contribution in [-0.2, 0) is 11.3 Å². The Hall–Kier alpha value is -1.78. The maximum Gasteiger partial charge on any atom is 0.303 e. The zero-order valence-electron chi connectivity index (χ0n) is 11.9. The van der Waals surface area contributed by atoms with Crippen molar-refractivity contribution in [1.82, 2.24) is 9.88 Å². The first-order chi connectivity index (χ1) is 9.56. The predicted molar refractivity (Wildman–Crippen MR) is 75.6 cm³/mol. The number of carbonyl (C=O) groups is 2. The van der Waals surface area contributed by atoms with Crippen molar-refractivity contribution >= 4 is 11.9 Å². The lowest BCUT2D eigenvalue weighted by Crippen LogP contribution is -2.43. The van der Waals surface area contributed by atoms with Gasteiger partial charge in [-0.25, -0.2) is 0 Å². The molecule has 1 heterocycles. The highest BCUT2D eigenvalue weighted by atomic mass is 16.4. The van der Waals surface area contributed by atoms with Gasteiger partial charge in [-0.05, 0) is 36.8 Å². The Morgan fingerprint density at radius 1 is 1.45 bits per heavy atom. The van der Waals surface area contributed by atoms with Gasteiger partial charge < -0.3 is 15.0 Å². The molecule has 1 aliphatic carbocycles. The van der Waals surface area contributed by atoms with E-state index < -0.39 is 5.97 Å². The maximum absolute atomic E-state index is 12.2. The van der Waals surface area contributed by atoms with E-state index >= 15 is 0 Å². The van der Waals surface area contributed by atoms with Gasteiger partial charge in [-0.1, -0.05) is 13.3 Å². The molecule has 0 aliphatic heterocycles. The molecule has 5 nitrogen and oxygen atoms in total. The molecule has 0 spiro atoms. The number of nitrogens with zero attached hydrogens (tertiary/aromatic N) is 1. The molecule has 2 N–H and O–H groups in total. The van der Waals surface area contributed by atoms with Gasteiger partial charge in [-0.15, -0.1) is 0 Å². The minimum Gasteiger partial charge on any atom is -0.481 e. The van der Waals surface area contributed by atoms with E-state index in [2.05, 4.69) is 12.2 Å². The lowest BCUT2D eigenvalue weighted by atomic mass is 9.66. The fraction of sp³-hybridized carbons (Fsp3) is 0.600. The molecule has 0 saturated heterocycles. The van der Waals surface area contributed by atoms with Crippen LogP contribution < -0.4 is 5.32 Å². The second-order valence-electron chi connectivity index (χ2n) is 5.69. The van der Waals surface area contributed by atoms with Crippen LogP contribution in [0.25, 0.3) is 0 Å². The van der Waals surface area contributed by atoms with E-state index in [1.807, 2.05) is 16.8 Å². The van der Waals surface area contributed by atoms with Gasteiger partial charge in [0.1, 0.15) is 5.69 Å². The largest absolute Gasteiger partial charge is 0.481 e. The number of rotatable bonds is 7. The van der Waals surface area contributed by atoms with Crippen LogP contribution in [0.5, 0.6) is 0 Å². The van der Waals surface area contributed by atoms with Crippen molar-refractivity contribution in [2.75, 3.05) is 6.54 Å². The molecule has 1 aliphatic rings. The molecule has 0 bridgehead atoms. The Balaban J connectivity index is 1.94. The molecule has 0 radical (unpaired) electrons. The van der Waals surface area contributed by atoms with E-state index in [1.54, 1.807) is 6.07 Å². The topological polar surface area (TPSA) is 71.3 Å². The van der Waals surface area contributed by atoms with E-state index in [0.717, 1.165) is 32.2 Å². The van der Waals surface area contributed by atoms with Crippen molar-refractivity contribution in [3.05, 3.63) is 24.0 Å². The molecule has 2 rings (SSSR count). The smallest absolute Gasteiger partial charge is 0.303 e. The Kier molecular flexibility index (Phi) is 4.47. The van der Waals surface area contributed by atoms with Gasteiger partial charge >= 0.3 is 5.97 Å². The Morgan fingerprint density at radius 3 is 2.75 bits per heavy atom. The molecule has 0 aromatic carbocycles. The van der Waals surface area contributed by atoms with Crippen LogP contribution >= 0.6 is 0 Å². The van der Waals surface area contributed by atoms with Crippen LogP contribution in [-0.4, -0.2) is 28.1 Å². The summed E-state index contributed by atoms with van der Waals surface area (Å²) in [5.74, 6) is -0.895. The van der Waals surface area contributed by atoms with Gasteiger partial charge in [-0.3, -0.25) is 9.59 Å². The Bertz CT molecular complexity index is 489. The average molecular weight is 278 g/mol. The van der Waals surface area contributed by atoms with Gasteiger partial charge in [0.15, 0.2) is 0 Å². The monoisotopic (exact) mass is 278 g/mol. The first-order valence-electron chi connectivity index (χ1n) is 7.21. The highest BCUT2D eigenvalue weighted by molar-refractivity contribution is 5.92. The minimum atomic E-state index is -0.784. The van der Waals surface area contributed by atoms with E-state index in [4.69, 9.17) is 5.11 Å². The number of nitrogens with one attached hydrogen (secondary N) is 1. The molecule has 0 atom stereocenters. The zero-order chi connectivity index (χ0) is 14.6. The summed E-state index contributed by atoms with van der Waals surface area (Å²) in [6.45, 7) is 3.34. The number of carbonyl (C=O) groups excluding carboxylic acids is 1. The second kappa shape index (κ2) is 6.11. The van der Waals surface area contributed by atoms with Gasteiger partial charge in [0.25, 0.3) is 5.91 Å². The number of aromatic nitrogens is 1. The van der Waals surface area contributed by atoms with E-state index in [-0.39, 0.29) is 17.7 Å². The summed E-state index contributed by atoms with van der Waals surface area (Å²) in [5.41, 5.74) is 0.417. The molecular formula is C15H22N2O3. The lowest BCUT2D eigenvalue weighted by molar-refractivity contribution is -0.141. The highest BCUT2D eigenvalue weighted by Crippen LogP contribution is 2.43. The molecule has 1 aromatic heterocycles. The summed E-state index contributed by atoms with van der Waals surface area (Å²) >= 11 is 0. The summed E-state index contributed by atoms with van der Waals surface area (Å²) < 4.78 is 1.93. The standard InChI is InChI=1S/C15H22N2O3/c1-2-8-17-9-3-5-12(17)14(20)16-11-15(6-4-7-15)10-13(18)19/h3,5,9H,2,4,6-8,10-11H2,1H3,(H,16,20)(H,18,19). The summed E-state index contributed by atoms with van der Waals surface area (Å²) in [5, 5.41) is 11.9.